The summed E-state index contributed by atoms with van der Waals surface area (Å²) in [6, 6.07) is 9.63. The van der Waals surface area contributed by atoms with Crippen LogP contribution in [-0.2, 0) is 0 Å². The lowest BCUT2D eigenvalue weighted by atomic mass is 9.68. The minimum atomic E-state index is 0.0113. The van der Waals surface area contributed by atoms with Crippen LogP contribution in [0.25, 0.3) is 0 Å². The van der Waals surface area contributed by atoms with E-state index in [1.54, 1.807) is 10.8 Å². The Morgan fingerprint density at radius 1 is 0.864 bits per heavy atom. The zero-order valence-electron chi connectivity index (χ0n) is 14.3. The zero-order chi connectivity index (χ0) is 15.4. The van der Waals surface area contributed by atoms with E-state index in [1.807, 2.05) is 0 Å². The van der Waals surface area contributed by atoms with Crippen molar-refractivity contribution in [2.24, 2.45) is 17.8 Å². The van der Waals surface area contributed by atoms with Crippen molar-refractivity contribution in [3.8, 4) is 0 Å². The molecule has 0 aromatic heterocycles. The molecule has 22 heavy (non-hydrogen) atoms. The molecule has 0 nitrogen and oxygen atoms in total. The molecule has 0 atom stereocenters. The maximum absolute atomic E-state index is 3.98. The molecule has 2 fully saturated rings. The van der Waals surface area contributed by atoms with Gasteiger partial charge in [-0.15, -0.1) is 6.58 Å². The second-order valence-electron chi connectivity index (χ2n) is 7.62. The first kappa shape index (κ1) is 16.0. The van der Waals surface area contributed by atoms with Crippen molar-refractivity contribution in [2.75, 3.05) is 0 Å². The van der Waals surface area contributed by atoms with Crippen molar-refractivity contribution in [3.05, 3.63) is 42.5 Å². The highest BCUT2D eigenvalue weighted by molar-refractivity contribution is 6.51. The standard InChI is InChI=1S/C21H32Si/c1-3-16-4-6-17(7-5-16)18-8-10-19(11-9-18)20-12-14-21(22-2)15-13-20/h3,12-19H,1,4-11,22H2,2H3/t16-,17-,18?,19?. The fourth-order valence-corrected chi connectivity index (χ4v) is 5.51. The molecular weight excluding hydrogens is 280 g/mol. The summed E-state index contributed by atoms with van der Waals surface area (Å²) in [5.74, 6) is 3.69. The summed E-state index contributed by atoms with van der Waals surface area (Å²) in [5, 5.41) is 1.61. The molecule has 0 aliphatic heterocycles. The fraction of sp³-hybridized carbons (Fsp3) is 0.619. The first-order valence-corrected chi connectivity index (χ1v) is 11.6. The molecule has 0 spiro atoms. The van der Waals surface area contributed by atoms with Crippen LogP contribution in [0.4, 0.5) is 0 Å². The Bertz CT molecular complexity index is 459. The third kappa shape index (κ3) is 3.74. The molecule has 3 rings (SSSR count). The second-order valence-corrected chi connectivity index (χ2v) is 9.14. The average molecular weight is 313 g/mol. The molecule has 0 saturated heterocycles. The molecular formula is C21H32Si. The Kier molecular flexibility index (Phi) is 5.57. The van der Waals surface area contributed by atoms with Crippen molar-refractivity contribution in [2.45, 2.75) is 63.8 Å². The van der Waals surface area contributed by atoms with E-state index < -0.39 is 0 Å². The molecule has 0 amide bonds. The van der Waals surface area contributed by atoms with Crippen LogP contribution >= 0.6 is 0 Å². The quantitative estimate of drug-likeness (QED) is 0.553. The second kappa shape index (κ2) is 7.63. The predicted octanol–water partition coefficient (Wildman–Crippen LogP) is 4.80. The summed E-state index contributed by atoms with van der Waals surface area (Å²) >= 11 is 0. The van der Waals surface area contributed by atoms with E-state index in [9.17, 15) is 0 Å². The average Bonchev–Trinajstić information content (AvgIpc) is 2.62. The Morgan fingerprint density at radius 2 is 1.41 bits per heavy atom. The van der Waals surface area contributed by atoms with Crippen LogP contribution in [0, 0.1) is 17.8 Å². The summed E-state index contributed by atoms with van der Waals surface area (Å²) in [4.78, 5) is 0. The van der Waals surface area contributed by atoms with Crippen molar-refractivity contribution < 1.29 is 0 Å². The summed E-state index contributed by atoms with van der Waals surface area (Å²) in [6.45, 7) is 6.36. The lowest BCUT2D eigenvalue weighted by molar-refractivity contribution is 0.171. The van der Waals surface area contributed by atoms with Crippen molar-refractivity contribution in [1.82, 2.24) is 0 Å². The third-order valence-electron chi connectivity index (χ3n) is 6.45. The maximum atomic E-state index is 3.98. The Balaban J connectivity index is 1.50. The highest BCUT2D eigenvalue weighted by Gasteiger charge is 2.30. The SMILES string of the molecule is C=C[C@H]1CC[C@H](C2CCC(c3ccc([SiH2]C)cc3)CC2)CC1. The molecule has 1 heteroatoms. The van der Waals surface area contributed by atoms with Gasteiger partial charge >= 0.3 is 0 Å². The van der Waals surface area contributed by atoms with Gasteiger partial charge in [-0.1, -0.05) is 42.1 Å². The smallest absolute Gasteiger partial charge is 0.0517 e. The topological polar surface area (TPSA) is 0 Å². The number of allylic oxidation sites excluding steroid dienone is 1. The molecule has 2 aliphatic rings. The van der Waals surface area contributed by atoms with Gasteiger partial charge in [0.25, 0.3) is 0 Å². The lowest BCUT2D eigenvalue weighted by Crippen LogP contribution is -2.25. The minimum Gasteiger partial charge on any atom is -0.103 e. The molecule has 0 N–H and O–H groups in total. The van der Waals surface area contributed by atoms with E-state index in [1.165, 1.54) is 51.4 Å². The van der Waals surface area contributed by atoms with Gasteiger partial charge in [-0.2, -0.15) is 0 Å². The summed E-state index contributed by atoms with van der Waals surface area (Å²) in [5.41, 5.74) is 1.61. The highest BCUT2D eigenvalue weighted by atomic mass is 28.2. The van der Waals surface area contributed by atoms with Gasteiger partial charge in [0, 0.05) is 0 Å². The highest BCUT2D eigenvalue weighted by Crippen LogP contribution is 2.43. The van der Waals surface area contributed by atoms with Crippen LogP contribution in [0.15, 0.2) is 36.9 Å². The molecule has 0 bridgehead atoms. The Labute approximate surface area is 139 Å². The predicted molar refractivity (Wildman–Crippen MR) is 101 cm³/mol. The van der Waals surface area contributed by atoms with Crippen LogP contribution in [0.3, 0.4) is 0 Å². The number of benzene rings is 1. The monoisotopic (exact) mass is 312 g/mol. The Morgan fingerprint density at radius 3 is 1.91 bits per heavy atom. The van der Waals surface area contributed by atoms with E-state index in [2.05, 4.69) is 43.5 Å². The molecule has 2 aliphatic carbocycles. The fourth-order valence-electron chi connectivity index (χ4n) is 4.80. The number of hydrogen-bond donors (Lipinski definition) is 0. The van der Waals surface area contributed by atoms with Gasteiger partial charge in [-0.3, -0.25) is 0 Å². The van der Waals surface area contributed by atoms with Crippen LogP contribution in [0.1, 0.15) is 62.8 Å². The summed E-state index contributed by atoms with van der Waals surface area (Å²) < 4.78 is 0. The van der Waals surface area contributed by atoms with Gasteiger partial charge in [-0.05, 0) is 80.6 Å². The van der Waals surface area contributed by atoms with Gasteiger partial charge in [0.1, 0.15) is 0 Å². The van der Waals surface area contributed by atoms with E-state index in [0.717, 1.165) is 23.7 Å². The van der Waals surface area contributed by atoms with Crippen LogP contribution in [0.2, 0.25) is 6.55 Å². The molecule has 2 saturated carbocycles. The first-order chi connectivity index (χ1) is 10.8. The largest absolute Gasteiger partial charge is 0.103 e. The van der Waals surface area contributed by atoms with E-state index in [-0.39, 0.29) is 9.52 Å². The molecule has 0 radical (unpaired) electrons. The van der Waals surface area contributed by atoms with E-state index in [4.69, 9.17) is 0 Å². The van der Waals surface area contributed by atoms with E-state index >= 15 is 0 Å². The minimum absolute atomic E-state index is 0.0113. The van der Waals surface area contributed by atoms with Gasteiger partial charge in [-0.25, -0.2) is 0 Å². The van der Waals surface area contributed by atoms with Crippen molar-refractivity contribution in [1.29, 1.82) is 0 Å². The van der Waals surface area contributed by atoms with Gasteiger partial charge < -0.3 is 0 Å². The van der Waals surface area contributed by atoms with Gasteiger partial charge in [0.15, 0.2) is 0 Å². The van der Waals surface area contributed by atoms with Crippen LogP contribution < -0.4 is 5.19 Å². The van der Waals surface area contributed by atoms with Crippen molar-refractivity contribution >= 4 is 14.7 Å². The molecule has 120 valence electrons. The molecule has 0 heterocycles. The molecule has 0 unspecified atom stereocenters. The van der Waals surface area contributed by atoms with Gasteiger partial charge in [0.05, 0.1) is 9.52 Å². The van der Waals surface area contributed by atoms with Crippen LogP contribution in [0.5, 0.6) is 0 Å². The summed E-state index contributed by atoms with van der Waals surface area (Å²) in [6.07, 6.45) is 13.7. The first-order valence-electron chi connectivity index (χ1n) is 9.51. The van der Waals surface area contributed by atoms with Crippen LogP contribution in [-0.4, -0.2) is 9.52 Å². The normalized spacial score (nSPS) is 33.1. The maximum Gasteiger partial charge on any atom is 0.0517 e. The zero-order valence-corrected chi connectivity index (χ0v) is 15.7. The molecule has 1 aromatic rings. The van der Waals surface area contributed by atoms with Crippen molar-refractivity contribution in [3.63, 3.8) is 0 Å². The summed E-state index contributed by atoms with van der Waals surface area (Å²) in [7, 11) is 0.0113. The van der Waals surface area contributed by atoms with Gasteiger partial charge in [0.2, 0.25) is 0 Å². The number of rotatable bonds is 4. The Hall–Kier alpha value is -0.823. The third-order valence-corrected chi connectivity index (χ3v) is 7.74. The number of hydrogen-bond acceptors (Lipinski definition) is 0. The lowest BCUT2D eigenvalue weighted by Gasteiger charge is -2.37. The molecule has 1 aromatic carbocycles. The van der Waals surface area contributed by atoms with E-state index in [0.29, 0.717) is 0 Å².